The normalized spacial score (nSPS) is 13.0. The summed E-state index contributed by atoms with van der Waals surface area (Å²) in [4.78, 5) is 4.51. The first kappa shape index (κ1) is 11.8. The Morgan fingerprint density at radius 3 is 2.35 bits per heavy atom. The maximum absolute atomic E-state index is 6.16. The third-order valence-electron chi connectivity index (χ3n) is 2.77. The quantitative estimate of drug-likeness (QED) is 0.877. The zero-order chi connectivity index (χ0) is 12.4. The van der Waals surface area contributed by atoms with Gasteiger partial charge in [-0.3, -0.25) is 4.68 Å². The smallest absolute Gasteiger partial charge is 0.172 e. The van der Waals surface area contributed by atoms with Gasteiger partial charge in [0.2, 0.25) is 0 Å². The van der Waals surface area contributed by atoms with Crippen LogP contribution in [-0.4, -0.2) is 14.8 Å². The lowest BCUT2D eigenvalue weighted by Crippen LogP contribution is -2.13. The Morgan fingerprint density at radius 2 is 1.82 bits per heavy atom. The molecule has 1 heterocycles. The van der Waals surface area contributed by atoms with Crippen molar-refractivity contribution in [3.63, 3.8) is 0 Å². The summed E-state index contributed by atoms with van der Waals surface area (Å²) < 4.78 is 1.81. The highest BCUT2D eigenvalue weighted by Gasteiger charge is 2.17. The number of aryl methyl sites for hydroxylation is 1. The fourth-order valence-corrected chi connectivity index (χ4v) is 1.86. The van der Waals surface area contributed by atoms with Crippen molar-refractivity contribution in [2.75, 3.05) is 0 Å². The molecule has 2 rings (SSSR count). The minimum atomic E-state index is -0.255. The van der Waals surface area contributed by atoms with Crippen molar-refractivity contribution in [3.05, 3.63) is 47.5 Å². The Labute approximate surface area is 101 Å². The van der Waals surface area contributed by atoms with Crippen LogP contribution in [0.25, 0.3) is 0 Å². The first-order valence-corrected chi connectivity index (χ1v) is 5.81. The molecule has 4 nitrogen and oxygen atoms in total. The molecule has 1 unspecified atom stereocenters. The number of nitrogens with zero attached hydrogens (tertiary/aromatic N) is 3. The number of hydrogen-bond donors (Lipinski definition) is 1. The topological polar surface area (TPSA) is 56.7 Å². The lowest BCUT2D eigenvalue weighted by atomic mass is 10.1. The molecular formula is C13H18N4. The van der Waals surface area contributed by atoms with Gasteiger partial charge < -0.3 is 5.73 Å². The predicted molar refractivity (Wildman–Crippen MR) is 67.6 cm³/mol. The standard InChI is InChI=1S/C13H18N4/c1-9(2)13-15-12(16-17(13)3)11(14)10-7-5-4-6-8-10/h4-9,11H,14H2,1-3H3. The molecule has 0 aliphatic carbocycles. The maximum atomic E-state index is 6.16. The molecule has 2 N–H and O–H groups in total. The van der Waals surface area contributed by atoms with Gasteiger partial charge in [-0.2, -0.15) is 5.10 Å². The van der Waals surface area contributed by atoms with Crippen LogP contribution in [0.15, 0.2) is 30.3 Å². The number of benzene rings is 1. The van der Waals surface area contributed by atoms with Crippen LogP contribution in [-0.2, 0) is 7.05 Å². The molecule has 0 aliphatic heterocycles. The molecule has 0 radical (unpaired) electrons. The van der Waals surface area contributed by atoms with E-state index in [4.69, 9.17) is 5.73 Å². The number of aromatic nitrogens is 3. The first-order chi connectivity index (χ1) is 8.09. The molecule has 1 atom stereocenters. The Balaban J connectivity index is 2.32. The summed E-state index contributed by atoms with van der Waals surface area (Å²) in [5.74, 6) is 2.00. The van der Waals surface area contributed by atoms with E-state index in [0.29, 0.717) is 11.7 Å². The van der Waals surface area contributed by atoms with E-state index in [1.165, 1.54) is 0 Å². The molecular weight excluding hydrogens is 212 g/mol. The molecule has 0 bridgehead atoms. The SMILES string of the molecule is CC(C)c1nc(C(N)c2ccccc2)nn1C. The van der Waals surface area contributed by atoms with Crippen molar-refractivity contribution >= 4 is 0 Å². The second kappa shape index (κ2) is 4.67. The van der Waals surface area contributed by atoms with E-state index in [1.54, 1.807) is 0 Å². The van der Waals surface area contributed by atoms with Gasteiger partial charge in [0, 0.05) is 13.0 Å². The van der Waals surface area contributed by atoms with Crippen molar-refractivity contribution in [3.8, 4) is 0 Å². The molecule has 0 saturated carbocycles. The summed E-state index contributed by atoms with van der Waals surface area (Å²) in [6, 6.07) is 9.66. The van der Waals surface area contributed by atoms with E-state index in [-0.39, 0.29) is 6.04 Å². The van der Waals surface area contributed by atoms with Gasteiger partial charge in [-0.1, -0.05) is 44.2 Å². The summed E-state index contributed by atoms with van der Waals surface area (Å²) in [5.41, 5.74) is 7.20. The van der Waals surface area contributed by atoms with E-state index in [0.717, 1.165) is 11.4 Å². The third kappa shape index (κ3) is 2.36. The zero-order valence-electron chi connectivity index (χ0n) is 10.5. The zero-order valence-corrected chi connectivity index (χ0v) is 10.5. The molecule has 1 aromatic carbocycles. The summed E-state index contributed by atoms with van der Waals surface area (Å²) in [6.07, 6.45) is 0. The fraction of sp³-hybridized carbons (Fsp3) is 0.385. The number of hydrogen-bond acceptors (Lipinski definition) is 3. The van der Waals surface area contributed by atoms with Gasteiger partial charge in [0.05, 0.1) is 6.04 Å². The van der Waals surface area contributed by atoms with Gasteiger partial charge >= 0.3 is 0 Å². The largest absolute Gasteiger partial charge is 0.318 e. The predicted octanol–water partition coefficient (Wildman–Crippen LogP) is 1.99. The minimum Gasteiger partial charge on any atom is -0.318 e. The number of rotatable bonds is 3. The van der Waals surface area contributed by atoms with Gasteiger partial charge in [-0.05, 0) is 5.56 Å². The molecule has 1 aromatic heterocycles. The van der Waals surface area contributed by atoms with Gasteiger partial charge in [0.25, 0.3) is 0 Å². The Bertz CT molecular complexity index is 487. The second-order valence-electron chi connectivity index (χ2n) is 4.49. The second-order valence-corrected chi connectivity index (χ2v) is 4.49. The highest BCUT2D eigenvalue weighted by molar-refractivity contribution is 5.24. The van der Waals surface area contributed by atoms with Gasteiger partial charge in [-0.15, -0.1) is 0 Å². The molecule has 2 aromatic rings. The molecule has 90 valence electrons. The summed E-state index contributed by atoms with van der Waals surface area (Å²) in [7, 11) is 1.91. The van der Waals surface area contributed by atoms with Crippen LogP contribution in [0.3, 0.4) is 0 Å². The Kier molecular flexibility index (Phi) is 3.24. The van der Waals surface area contributed by atoms with E-state index < -0.39 is 0 Å². The van der Waals surface area contributed by atoms with Gasteiger partial charge in [0.15, 0.2) is 5.82 Å². The van der Waals surface area contributed by atoms with Crippen LogP contribution in [0.1, 0.15) is 43.0 Å². The Hall–Kier alpha value is -1.68. The highest BCUT2D eigenvalue weighted by atomic mass is 15.3. The van der Waals surface area contributed by atoms with Crippen LogP contribution >= 0.6 is 0 Å². The van der Waals surface area contributed by atoms with Crippen molar-refractivity contribution in [1.82, 2.24) is 14.8 Å². The lowest BCUT2D eigenvalue weighted by molar-refractivity contribution is 0.649. The van der Waals surface area contributed by atoms with Crippen LogP contribution in [0.5, 0.6) is 0 Å². The van der Waals surface area contributed by atoms with Crippen LogP contribution < -0.4 is 5.73 Å². The molecule has 0 amide bonds. The van der Waals surface area contributed by atoms with Crippen molar-refractivity contribution < 1.29 is 0 Å². The van der Waals surface area contributed by atoms with Crippen LogP contribution in [0, 0.1) is 0 Å². The summed E-state index contributed by atoms with van der Waals surface area (Å²) in [6.45, 7) is 4.20. The molecule has 0 saturated heterocycles. The van der Waals surface area contributed by atoms with E-state index >= 15 is 0 Å². The molecule has 0 fully saturated rings. The maximum Gasteiger partial charge on any atom is 0.172 e. The third-order valence-corrected chi connectivity index (χ3v) is 2.77. The molecule has 0 aliphatic rings. The van der Waals surface area contributed by atoms with Crippen LogP contribution in [0.2, 0.25) is 0 Å². The van der Waals surface area contributed by atoms with E-state index in [2.05, 4.69) is 23.9 Å². The molecule has 17 heavy (non-hydrogen) atoms. The summed E-state index contributed by atoms with van der Waals surface area (Å²) in [5, 5.41) is 4.39. The fourth-order valence-electron chi connectivity index (χ4n) is 1.86. The first-order valence-electron chi connectivity index (χ1n) is 5.81. The van der Waals surface area contributed by atoms with E-state index in [1.807, 2.05) is 42.1 Å². The number of nitrogens with two attached hydrogens (primary N) is 1. The van der Waals surface area contributed by atoms with Crippen molar-refractivity contribution in [2.24, 2.45) is 12.8 Å². The van der Waals surface area contributed by atoms with Crippen molar-refractivity contribution in [2.45, 2.75) is 25.8 Å². The average Bonchev–Trinajstić information content (AvgIpc) is 2.71. The molecule has 4 heteroatoms. The average molecular weight is 230 g/mol. The summed E-state index contributed by atoms with van der Waals surface area (Å²) >= 11 is 0. The lowest BCUT2D eigenvalue weighted by Gasteiger charge is -2.06. The monoisotopic (exact) mass is 230 g/mol. The van der Waals surface area contributed by atoms with Gasteiger partial charge in [0.1, 0.15) is 5.82 Å². The van der Waals surface area contributed by atoms with Gasteiger partial charge in [-0.25, -0.2) is 4.98 Å². The minimum absolute atomic E-state index is 0.255. The molecule has 0 spiro atoms. The highest BCUT2D eigenvalue weighted by Crippen LogP contribution is 2.18. The van der Waals surface area contributed by atoms with E-state index in [9.17, 15) is 0 Å². The van der Waals surface area contributed by atoms with Crippen molar-refractivity contribution in [1.29, 1.82) is 0 Å². The van der Waals surface area contributed by atoms with Crippen LogP contribution in [0.4, 0.5) is 0 Å². The Morgan fingerprint density at radius 1 is 1.18 bits per heavy atom.